The van der Waals surface area contributed by atoms with Gasteiger partial charge in [-0.3, -0.25) is 14.6 Å². The largest absolute Gasteiger partial charge is 0.379 e. The van der Waals surface area contributed by atoms with E-state index in [9.17, 15) is 4.79 Å². The van der Waals surface area contributed by atoms with Crippen molar-refractivity contribution in [1.82, 2.24) is 9.80 Å². The van der Waals surface area contributed by atoms with Crippen molar-refractivity contribution in [2.75, 3.05) is 44.7 Å². The Morgan fingerprint density at radius 2 is 1.96 bits per heavy atom. The molecule has 1 amide bonds. The zero-order chi connectivity index (χ0) is 18.5. The van der Waals surface area contributed by atoms with Crippen LogP contribution in [0.3, 0.4) is 0 Å². The minimum Gasteiger partial charge on any atom is -0.379 e. The highest BCUT2D eigenvalue weighted by Gasteiger charge is 2.28. The number of benzene rings is 1. The van der Waals surface area contributed by atoms with Crippen molar-refractivity contribution >= 4 is 22.9 Å². The molecule has 2 aliphatic rings. The standard InChI is InChI=1S/C21H27N3O2S/c25-21(16-24-9-1-3-19(24)20-4-2-14-27-20)22-18-7-5-17(6-8-18)15-23-10-12-26-13-11-23/h2,4-8,14,19H,1,3,9-13,15-16H2,(H,22,25)/t19-/m1/s1. The summed E-state index contributed by atoms with van der Waals surface area (Å²) >= 11 is 1.79. The quantitative estimate of drug-likeness (QED) is 0.828. The summed E-state index contributed by atoms with van der Waals surface area (Å²) < 4.78 is 5.39. The van der Waals surface area contributed by atoms with Crippen molar-refractivity contribution in [3.05, 3.63) is 52.2 Å². The van der Waals surface area contributed by atoms with Crippen LogP contribution in [0.5, 0.6) is 0 Å². The van der Waals surface area contributed by atoms with Gasteiger partial charge in [0.1, 0.15) is 0 Å². The number of nitrogens with zero attached hydrogens (tertiary/aromatic N) is 2. The molecule has 0 spiro atoms. The van der Waals surface area contributed by atoms with E-state index in [1.165, 1.54) is 10.4 Å². The molecule has 6 heteroatoms. The lowest BCUT2D eigenvalue weighted by atomic mass is 10.2. The van der Waals surface area contributed by atoms with E-state index in [4.69, 9.17) is 4.74 Å². The van der Waals surface area contributed by atoms with Gasteiger partial charge in [-0.05, 0) is 48.5 Å². The van der Waals surface area contributed by atoms with Crippen LogP contribution in [0.2, 0.25) is 0 Å². The maximum atomic E-state index is 12.5. The lowest BCUT2D eigenvalue weighted by Gasteiger charge is -2.26. The molecular formula is C21H27N3O2S. The van der Waals surface area contributed by atoms with Crippen LogP contribution >= 0.6 is 11.3 Å². The average molecular weight is 386 g/mol. The van der Waals surface area contributed by atoms with Crippen molar-refractivity contribution in [3.8, 4) is 0 Å². The average Bonchev–Trinajstić information content (AvgIpc) is 3.36. The predicted molar refractivity (Wildman–Crippen MR) is 109 cm³/mol. The molecule has 1 atom stereocenters. The summed E-state index contributed by atoms with van der Waals surface area (Å²) in [4.78, 5) is 18.6. The SMILES string of the molecule is O=C(CN1CCC[C@@H]1c1cccs1)Nc1ccc(CN2CCOCC2)cc1. The Bertz CT molecular complexity index is 726. The summed E-state index contributed by atoms with van der Waals surface area (Å²) in [5, 5.41) is 5.17. The molecule has 0 bridgehead atoms. The van der Waals surface area contributed by atoms with Gasteiger partial charge in [-0.1, -0.05) is 18.2 Å². The zero-order valence-electron chi connectivity index (χ0n) is 15.6. The van der Waals surface area contributed by atoms with Gasteiger partial charge in [0, 0.05) is 36.2 Å². The number of hydrogen-bond acceptors (Lipinski definition) is 5. The van der Waals surface area contributed by atoms with Gasteiger partial charge in [0.2, 0.25) is 5.91 Å². The lowest BCUT2D eigenvalue weighted by Crippen LogP contribution is -2.35. The second kappa shape index (κ2) is 8.97. The third kappa shape index (κ3) is 4.96. The monoisotopic (exact) mass is 385 g/mol. The summed E-state index contributed by atoms with van der Waals surface area (Å²) in [5.41, 5.74) is 2.14. The van der Waals surface area contributed by atoms with E-state index in [0.717, 1.165) is 57.9 Å². The molecule has 27 heavy (non-hydrogen) atoms. The Kier molecular flexibility index (Phi) is 6.19. The second-order valence-electron chi connectivity index (χ2n) is 7.28. The van der Waals surface area contributed by atoms with E-state index in [2.05, 4.69) is 44.8 Å². The smallest absolute Gasteiger partial charge is 0.238 e. The fraction of sp³-hybridized carbons (Fsp3) is 0.476. The Morgan fingerprint density at radius 1 is 1.15 bits per heavy atom. The highest BCUT2D eigenvalue weighted by molar-refractivity contribution is 7.10. The molecule has 0 aliphatic carbocycles. The Labute approximate surface area is 164 Å². The van der Waals surface area contributed by atoms with Crippen molar-refractivity contribution in [2.45, 2.75) is 25.4 Å². The van der Waals surface area contributed by atoms with E-state index in [0.29, 0.717) is 12.6 Å². The number of anilines is 1. The first-order valence-electron chi connectivity index (χ1n) is 9.74. The van der Waals surface area contributed by atoms with E-state index in [1.54, 1.807) is 11.3 Å². The summed E-state index contributed by atoms with van der Waals surface area (Å²) in [6.07, 6.45) is 2.30. The first kappa shape index (κ1) is 18.6. The Morgan fingerprint density at radius 3 is 2.70 bits per heavy atom. The van der Waals surface area contributed by atoms with Crippen LogP contribution in [0.15, 0.2) is 41.8 Å². The molecule has 2 saturated heterocycles. The first-order valence-corrected chi connectivity index (χ1v) is 10.6. The van der Waals surface area contributed by atoms with Crippen LogP contribution < -0.4 is 5.32 Å². The number of rotatable bonds is 6. The normalized spacial score (nSPS) is 21.4. The van der Waals surface area contributed by atoms with Crippen molar-refractivity contribution in [3.63, 3.8) is 0 Å². The highest BCUT2D eigenvalue weighted by atomic mass is 32.1. The molecule has 5 nitrogen and oxygen atoms in total. The van der Waals surface area contributed by atoms with Crippen LogP contribution in [0.25, 0.3) is 0 Å². The number of hydrogen-bond donors (Lipinski definition) is 1. The molecular weight excluding hydrogens is 358 g/mol. The van der Waals surface area contributed by atoms with Gasteiger partial charge < -0.3 is 10.1 Å². The fourth-order valence-corrected chi connectivity index (χ4v) is 4.81. The molecule has 1 aromatic heterocycles. The van der Waals surface area contributed by atoms with Crippen LogP contribution in [0.1, 0.15) is 29.3 Å². The second-order valence-corrected chi connectivity index (χ2v) is 8.26. The van der Waals surface area contributed by atoms with Crippen molar-refractivity contribution in [1.29, 1.82) is 0 Å². The molecule has 1 N–H and O–H groups in total. The molecule has 0 radical (unpaired) electrons. The van der Waals surface area contributed by atoms with Crippen LogP contribution in [-0.4, -0.2) is 55.1 Å². The van der Waals surface area contributed by atoms with E-state index in [1.807, 2.05) is 12.1 Å². The number of carbonyl (C=O) groups excluding carboxylic acids is 1. The van der Waals surface area contributed by atoms with Crippen LogP contribution in [0, 0.1) is 0 Å². The number of ether oxygens (including phenoxy) is 1. The maximum absolute atomic E-state index is 12.5. The van der Waals surface area contributed by atoms with Gasteiger partial charge in [-0.25, -0.2) is 0 Å². The number of likely N-dealkylation sites (tertiary alicyclic amines) is 1. The molecule has 144 valence electrons. The van der Waals surface area contributed by atoms with Crippen LogP contribution in [0.4, 0.5) is 5.69 Å². The van der Waals surface area contributed by atoms with Crippen molar-refractivity contribution in [2.24, 2.45) is 0 Å². The number of thiophene rings is 1. The minimum absolute atomic E-state index is 0.0689. The summed E-state index contributed by atoms with van der Waals surface area (Å²) in [6, 6.07) is 12.9. The lowest BCUT2D eigenvalue weighted by molar-refractivity contribution is -0.117. The molecule has 2 fully saturated rings. The molecule has 0 unspecified atom stereocenters. The topological polar surface area (TPSA) is 44.8 Å². The van der Waals surface area contributed by atoms with Gasteiger partial charge in [-0.15, -0.1) is 11.3 Å². The van der Waals surface area contributed by atoms with E-state index < -0.39 is 0 Å². The van der Waals surface area contributed by atoms with Gasteiger partial charge in [0.05, 0.1) is 19.8 Å². The molecule has 2 aliphatic heterocycles. The van der Waals surface area contributed by atoms with Crippen molar-refractivity contribution < 1.29 is 9.53 Å². The third-order valence-corrected chi connectivity index (χ3v) is 6.30. The number of carbonyl (C=O) groups is 1. The number of amides is 1. The first-order chi connectivity index (χ1) is 13.3. The van der Waals surface area contributed by atoms with E-state index >= 15 is 0 Å². The minimum atomic E-state index is 0.0689. The zero-order valence-corrected chi connectivity index (χ0v) is 16.4. The van der Waals surface area contributed by atoms with Gasteiger partial charge in [0.15, 0.2) is 0 Å². The summed E-state index contributed by atoms with van der Waals surface area (Å²) in [6.45, 7) is 5.99. The molecule has 3 heterocycles. The highest BCUT2D eigenvalue weighted by Crippen LogP contribution is 2.34. The number of nitrogens with one attached hydrogen (secondary N) is 1. The Balaban J connectivity index is 1.29. The predicted octanol–water partition coefficient (Wildman–Crippen LogP) is 3.36. The van der Waals surface area contributed by atoms with E-state index in [-0.39, 0.29) is 5.91 Å². The summed E-state index contributed by atoms with van der Waals surface area (Å²) in [7, 11) is 0. The fourth-order valence-electron chi connectivity index (χ4n) is 3.91. The van der Waals surface area contributed by atoms with Gasteiger partial charge in [-0.2, -0.15) is 0 Å². The number of morpholine rings is 1. The Hall–Kier alpha value is -1.73. The molecule has 4 rings (SSSR count). The molecule has 1 aromatic carbocycles. The molecule has 2 aromatic rings. The van der Waals surface area contributed by atoms with Gasteiger partial charge in [0.25, 0.3) is 0 Å². The molecule has 0 saturated carbocycles. The maximum Gasteiger partial charge on any atom is 0.238 e. The summed E-state index contributed by atoms with van der Waals surface area (Å²) in [5.74, 6) is 0.0689. The van der Waals surface area contributed by atoms with Crippen LogP contribution in [-0.2, 0) is 16.1 Å². The van der Waals surface area contributed by atoms with Gasteiger partial charge >= 0.3 is 0 Å². The third-order valence-electron chi connectivity index (χ3n) is 5.33.